The number of nitrogens with one attached hydrogen (secondary N) is 2. The second kappa shape index (κ2) is 7.18. The maximum atomic E-state index is 12.4. The second-order valence-electron chi connectivity index (χ2n) is 5.26. The highest BCUT2D eigenvalue weighted by molar-refractivity contribution is 6.01. The molecule has 0 saturated carbocycles. The molecule has 3 N–H and O–H groups in total. The van der Waals surface area contributed by atoms with Gasteiger partial charge in [0.25, 0.3) is 5.91 Å². The van der Waals surface area contributed by atoms with Crippen molar-refractivity contribution in [2.24, 2.45) is 0 Å². The van der Waals surface area contributed by atoms with Gasteiger partial charge < -0.3 is 10.4 Å². The van der Waals surface area contributed by atoms with Crippen LogP contribution in [-0.4, -0.2) is 38.1 Å². The van der Waals surface area contributed by atoms with E-state index in [4.69, 9.17) is 5.11 Å². The third-order valence-corrected chi connectivity index (χ3v) is 3.51. The molecule has 2 aromatic heterocycles. The molecule has 0 saturated heterocycles. The van der Waals surface area contributed by atoms with Gasteiger partial charge in [-0.3, -0.25) is 19.5 Å². The third-order valence-electron chi connectivity index (χ3n) is 3.51. The van der Waals surface area contributed by atoms with Crippen LogP contribution < -0.4 is 10.7 Å². The number of pyridine rings is 1. The minimum Gasteiger partial charge on any atom is -0.480 e. The van der Waals surface area contributed by atoms with E-state index in [1.807, 2.05) is 31.2 Å². The predicted molar refractivity (Wildman–Crippen MR) is 93.2 cm³/mol. The molecule has 0 aliphatic heterocycles. The fourth-order valence-electron chi connectivity index (χ4n) is 2.47. The molecule has 0 atom stereocenters. The number of carbonyl (C=O) groups is 2. The molecule has 3 rings (SSSR count). The summed E-state index contributed by atoms with van der Waals surface area (Å²) in [5, 5.41) is 13.7. The number of benzene rings is 1. The number of hydrogen-bond acceptors (Lipinski definition) is 4. The van der Waals surface area contributed by atoms with E-state index in [9.17, 15) is 14.4 Å². The van der Waals surface area contributed by atoms with E-state index in [0.717, 1.165) is 11.1 Å². The molecule has 0 radical (unpaired) electrons. The van der Waals surface area contributed by atoms with E-state index in [0.29, 0.717) is 5.69 Å². The standard InChI is InChI=1S/C16H14N4O4.ClH/c1-9-3-2-4-10(5-9)11-6-12(21)14(15-18-8-19-20(11)15)16(24)17-7-13(22)23;/h2-6,8H,7H2,1H3,(H,17,24)(H,18,19)(H,22,23);1H. The van der Waals surface area contributed by atoms with Gasteiger partial charge in [0.2, 0.25) is 0 Å². The Morgan fingerprint density at radius 2 is 2.08 bits per heavy atom. The minimum atomic E-state index is -1.20. The number of aromatic nitrogens is 3. The van der Waals surface area contributed by atoms with Crippen LogP contribution in [0.1, 0.15) is 15.9 Å². The summed E-state index contributed by atoms with van der Waals surface area (Å²) in [6, 6.07) is 8.89. The smallest absolute Gasteiger partial charge is 0.322 e. The first-order chi connectivity index (χ1) is 11.5. The van der Waals surface area contributed by atoms with Crippen LogP contribution in [-0.2, 0) is 4.79 Å². The van der Waals surface area contributed by atoms with Crippen molar-refractivity contribution in [2.45, 2.75) is 6.92 Å². The first-order valence-electron chi connectivity index (χ1n) is 7.13. The lowest BCUT2D eigenvalue weighted by molar-refractivity contribution is -0.135. The van der Waals surface area contributed by atoms with Crippen LogP contribution in [0.5, 0.6) is 0 Å². The lowest BCUT2D eigenvalue weighted by Crippen LogP contribution is -2.33. The highest BCUT2D eigenvalue weighted by atomic mass is 35.5. The number of nitrogens with zero attached hydrogens (tertiary/aromatic N) is 2. The maximum absolute atomic E-state index is 12.4. The van der Waals surface area contributed by atoms with Crippen molar-refractivity contribution in [1.29, 1.82) is 0 Å². The number of amides is 1. The summed E-state index contributed by atoms with van der Waals surface area (Å²) in [6.45, 7) is 1.36. The molecule has 2 heterocycles. The van der Waals surface area contributed by atoms with E-state index < -0.39 is 23.9 Å². The molecule has 0 fully saturated rings. The fraction of sp³-hybridized carbons (Fsp3) is 0.125. The van der Waals surface area contributed by atoms with Crippen LogP contribution in [0.3, 0.4) is 0 Å². The number of fused-ring (bicyclic) bond motifs is 1. The number of aryl methyl sites for hydroxylation is 1. The first-order valence-corrected chi connectivity index (χ1v) is 7.13. The lowest BCUT2D eigenvalue weighted by atomic mass is 10.1. The first kappa shape index (κ1) is 18.2. The van der Waals surface area contributed by atoms with E-state index in [2.05, 4.69) is 15.4 Å². The molecule has 130 valence electrons. The largest absolute Gasteiger partial charge is 0.480 e. The Morgan fingerprint density at radius 1 is 1.32 bits per heavy atom. The van der Waals surface area contributed by atoms with Crippen LogP contribution in [0, 0.1) is 6.92 Å². The number of aliphatic carboxylic acids is 1. The van der Waals surface area contributed by atoms with Gasteiger partial charge in [-0.25, -0.2) is 9.50 Å². The zero-order valence-corrected chi connectivity index (χ0v) is 14.0. The molecule has 0 aliphatic rings. The van der Waals surface area contributed by atoms with Gasteiger partial charge in [-0.1, -0.05) is 23.8 Å². The van der Waals surface area contributed by atoms with Crippen molar-refractivity contribution in [3.8, 4) is 11.3 Å². The van der Waals surface area contributed by atoms with Gasteiger partial charge in [-0.15, -0.1) is 12.4 Å². The maximum Gasteiger partial charge on any atom is 0.322 e. The van der Waals surface area contributed by atoms with Crippen LogP contribution in [0.4, 0.5) is 0 Å². The Morgan fingerprint density at radius 3 is 2.76 bits per heavy atom. The quantitative estimate of drug-likeness (QED) is 0.645. The molecule has 0 bridgehead atoms. The molecule has 0 spiro atoms. The summed E-state index contributed by atoms with van der Waals surface area (Å²) in [5.74, 6) is -1.97. The molecule has 0 aliphatic carbocycles. The van der Waals surface area contributed by atoms with Crippen molar-refractivity contribution >= 4 is 29.9 Å². The molecule has 8 nitrogen and oxygen atoms in total. The second-order valence-corrected chi connectivity index (χ2v) is 5.26. The van der Waals surface area contributed by atoms with Crippen LogP contribution in [0.2, 0.25) is 0 Å². The van der Waals surface area contributed by atoms with Gasteiger partial charge >= 0.3 is 5.97 Å². The molecule has 3 aromatic rings. The van der Waals surface area contributed by atoms with Gasteiger partial charge in [-0.2, -0.15) is 0 Å². The van der Waals surface area contributed by atoms with Crippen molar-refractivity contribution in [3.63, 3.8) is 0 Å². The summed E-state index contributed by atoms with van der Waals surface area (Å²) < 4.78 is 1.52. The zero-order valence-electron chi connectivity index (χ0n) is 13.1. The van der Waals surface area contributed by atoms with Gasteiger partial charge in [0.15, 0.2) is 11.1 Å². The van der Waals surface area contributed by atoms with Crippen LogP contribution in [0.25, 0.3) is 16.9 Å². The monoisotopic (exact) mass is 362 g/mol. The number of H-pyrrole nitrogens is 1. The Hall–Kier alpha value is -3.13. The number of carbonyl (C=O) groups excluding carboxylic acids is 1. The Balaban J connectivity index is 0.00000225. The highest BCUT2D eigenvalue weighted by Gasteiger charge is 2.20. The topological polar surface area (TPSA) is 117 Å². The highest BCUT2D eigenvalue weighted by Crippen LogP contribution is 2.20. The normalized spacial score (nSPS) is 10.3. The van der Waals surface area contributed by atoms with Crippen molar-refractivity contribution in [1.82, 2.24) is 19.9 Å². The van der Waals surface area contributed by atoms with E-state index in [-0.39, 0.29) is 23.6 Å². The van der Waals surface area contributed by atoms with Crippen molar-refractivity contribution < 1.29 is 14.7 Å². The molecule has 1 amide bonds. The van der Waals surface area contributed by atoms with Crippen molar-refractivity contribution in [3.05, 3.63) is 58.0 Å². The SMILES string of the molecule is Cc1cccc(-c2cc(=O)c(C(=O)NCC(=O)O)c3nc[nH]n23)c1.Cl. The Kier molecular flexibility index (Phi) is 5.23. The van der Waals surface area contributed by atoms with Gasteiger partial charge in [0.05, 0.1) is 5.69 Å². The molecule has 0 unspecified atom stereocenters. The zero-order chi connectivity index (χ0) is 17.3. The van der Waals surface area contributed by atoms with Gasteiger partial charge in [0.1, 0.15) is 18.4 Å². The molecular weight excluding hydrogens is 348 g/mol. The van der Waals surface area contributed by atoms with Gasteiger partial charge in [-0.05, 0) is 13.0 Å². The predicted octanol–water partition coefficient (Wildman–Crippen LogP) is 1.23. The van der Waals surface area contributed by atoms with E-state index in [1.54, 1.807) is 0 Å². The summed E-state index contributed by atoms with van der Waals surface area (Å²) in [4.78, 5) is 39.2. The van der Waals surface area contributed by atoms with Crippen molar-refractivity contribution in [2.75, 3.05) is 6.54 Å². The summed E-state index contributed by atoms with van der Waals surface area (Å²) in [5.41, 5.74) is 1.80. The van der Waals surface area contributed by atoms with Gasteiger partial charge in [0, 0.05) is 11.6 Å². The van der Waals surface area contributed by atoms with Crippen LogP contribution in [0.15, 0.2) is 41.5 Å². The summed E-state index contributed by atoms with van der Waals surface area (Å²) >= 11 is 0. The Labute approximate surface area is 147 Å². The number of rotatable bonds is 4. The average molecular weight is 363 g/mol. The Bertz CT molecular complexity index is 1010. The lowest BCUT2D eigenvalue weighted by Gasteiger charge is -2.09. The number of halogens is 1. The minimum absolute atomic E-state index is 0. The van der Waals surface area contributed by atoms with E-state index >= 15 is 0 Å². The number of aromatic amines is 1. The third kappa shape index (κ3) is 3.53. The number of hydrogen-bond donors (Lipinski definition) is 3. The molecule has 9 heteroatoms. The van der Waals surface area contributed by atoms with E-state index in [1.165, 1.54) is 16.9 Å². The number of carboxylic acids is 1. The molecule has 1 aromatic carbocycles. The fourth-order valence-corrected chi connectivity index (χ4v) is 2.47. The summed E-state index contributed by atoms with van der Waals surface area (Å²) in [7, 11) is 0. The average Bonchev–Trinajstić information content (AvgIpc) is 3.01. The number of carboxylic acid groups (broad SMARTS) is 1. The molecule has 25 heavy (non-hydrogen) atoms. The summed E-state index contributed by atoms with van der Waals surface area (Å²) in [6.07, 6.45) is 1.36. The molecular formula is C16H15ClN4O4. The van der Waals surface area contributed by atoms with Crippen LogP contribution >= 0.6 is 12.4 Å².